The van der Waals surface area contributed by atoms with Crippen LogP contribution in [0.15, 0.2) is 53.0 Å². The SMILES string of the molecule is Cc1ccc(C#CCCCCCC#Cc2ccc(Br)cc2)cc1. The van der Waals surface area contributed by atoms with Crippen LogP contribution in [0, 0.1) is 30.6 Å². The van der Waals surface area contributed by atoms with E-state index in [-0.39, 0.29) is 0 Å². The van der Waals surface area contributed by atoms with Crippen molar-refractivity contribution in [1.82, 2.24) is 0 Å². The second-order valence-corrected chi connectivity index (χ2v) is 6.45. The molecule has 0 heterocycles. The van der Waals surface area contributed by atoms with Crippen molar-refractivity contribution in [2.45, 2.75) is 39.0 Å². The first-order valence-electron chi connectivity index (χ1n) is 8.04. The Labute approximate surface area is 148 Å². The van der Waals surface area contributed by atoms with Gasteiger partial charge in [0.15, 0.2) is 0 Å². The maximum Gasteiger partial charge on any atom is 0.0246 e. The van der Waals surface area contributed by atoms with Crippen LogP contribution in [0.2, 0.25) is 0 Å². The van der Waals surface area contributed by atoms with Gasteiger partial charge in [-0.15, -0.1) is 0 Å². The van der Waals surface area contributed by atoms with E-state index in [4.69, 9.17) is 0 Å². The molecule has 0 bridgehead atoms. The van der Waals surface area contributed by atoms with E-state index >= 15 is 0 Å². The molecule has 1 heteroatoms. The predicted octanol–water partition coefficient (Wildman–Crippen LogP) is 6.11. The molecule has 0 aliphatic carbocycles. The third-order valence-electron chi connectivity index (χ3n) is 3.46. The smallest absolute Gasteiger partial charge is 0.0246 e. The fourth-order valence-corrected chi connectivity index (χ4v) is 2.37. The lowest BCUT2D eigenvalue weighted by Crippen LogP contribution is -1.78. The molecule has 0 aliphatic heterocycles. The molecule has 116 valence electrons. The largest absolute Gasteiger partial charge is 0.0979 e. The van der Waals surface area contributed by atoms with Crippen molar-refractivity contribution < 1.29 is 0 Å². The number of halogens is 1. The Morgan fingerprint density at radius 2 is 1.17 bits per heavy atom. The van der Waals surface area contributed by atoms with Crippen LogP contribution in [0.25, 0.3) is 0 Å². The first kappa shape index (κ1) is 17.4. The van der Waals surface area contributed by atoms with Crippen LogP contribution >= 0.6 is 15.9 Å². The molecule has 0 aliphatic rings. The summed E-state index contributed by atoms with van der Waals surface area (Å²) in [5.41, 5.74) is 3.47. The van der Waals surface area contributed by atoms with Crippen LogP contribution < -0.4 is 0 Å². The van der Waals surface area contributed by atoms with Gasteiger partial charge in [-0.1, -0.05) is 63.7 Å². The van der Waals surface area contributed by atoms with Gasteiger partial charge in [0.2, 0.25) is 0 Å². The lowest BCUT2D eigenvalue weighted by molar-refractivity contribution is 0.709. The van der Waals surface area contributed by atoms with Crippen molar-refractivity contribution in [1.29, 1.82) is 0 Å². The summed E-state index contributed by atoms with van der Waals surface area (Å²) in [4.78, 5) is 0. The number of rotatable bonds is 4. The lowest BCUT2D eigenvalue weighted by Gasteiger charge is -1.94. The van der Waals surface area contributed by atoms with Crippen molar-refractivity contribution >= 4 is 15.9 Å². The summed E-state index contributed by atoms with van der Waals surface area (Å²) in [6.45, 7) is 2.09. The van der Waals surface area contributed by atoms with Gasteiger partial charge in [0, 0.05) is 28.4 Å². The standard InChI is InChI=1S/C22H21Br/c1-19-11-13-20(14-12-19)9-7-5-3-2-4-6-8-10-21-15-17-22(23)18-16-21/h11-18H,2-6H2,1H3. The van der Waals surface area contributed by atoms with Gasteiger partial charge in [0.1, 0.15) is 0 Å². The number of hydrogen-bond acceptors (Lipinski definition) is 0. The summed E-state index contributed by atoms with van der Waals surface area (Å²) >= 11 is 3.43. The summed E-state index contributed by atoms with van der Waals surface area (Å²) < 4.78 is 1.09. The second-order valence-electron chi connectivity index (χ2n) is 5.54. The van der Waals surface area contributed by atoms with E-state index in [0.29, 0.717) is 0 Å². The predicted molar refractivity (Wildman–Crippen MR) is 102 cm³/mol. The van der Waals surface area contributed by atoms with E-state index < -0.39 is 0 Å². The topological polar surface area (TPSA) is 0 Å². The quantitative estimate of drug-likeness (QED) is 0.453. The highest BCUT2D eigenvalue weighted by Crippen LogP contribution is 2.09. The summed E-state index contributed by atoms with van der Waals surface area (Å²) in [5.74, 6) is 12.9. The highest BCUT2D eigenvalue weighted by molar-refractivity contribution is 9.10. The monoisotopic (exact) mass is 364 g/mol. The maximum atomic E-state index is 3.43. The van der Waals surface area contributed by atoms with Gasteiger partial charge < -0.3 is 0 Å². The Hall–Kier alpha value is -1.96. The highest BCUT2D eigenvalue weighted by atomic mass is 79.9. The third kappa shape index (κ3) is 7.23. The Balaban J connectivity index is 1.60. The molecule has 23 heavy (non-hydrogen) atoms. The molecule has 0 unspecified atom stereocenters. The molecule has 0 spiro atoms. The molecule has 0 nitrogen and oxygen atoms in total. The van der Waals surface area contributed by atoms with Crippen LogP contribution in [0.1, 0.15) is 48.8 Å². The Morgan fingerprint density at radius 3 is 1.70 bits per heavy atom. The van der Waals surface area contributed by atoms with Crippen molar-refractivity contribution in [3.63, 3.8) is 0 Å². The maximum absolute atomic E-state index is 3.43. The third-order valence-corrected chi connectivity index (χ3v) is 3.99. The zero-order valence-corrected chi connectivity index (χ0v) is 15.1. The van der Waals surface area contributed by atoms with Crippen molar-refractivity contribution in [3.8, 4) is 23.7 Å². The zero-order chi connectivity index (χ0) is 16.3. The minimum atomic E-state index is 0.960. The summed E-state index contributed by atoms with van der Waals surface area (Å²) in [5, 5.41) is 0. The van der Waals surface area contributed by atoms with Gasteiger partial charge in [-0.05, 0) is 56.2 Å². The highest BCUT2D eigenvalue weighted by Gasteiger charge is 1.89. The summed E-state index contributed by atoms with van der Waals surface area (Å²) in [6.07, 6.45) is 5.42. The fraction of sp³-hybridized carbons (Fsp3) is 0.273. The Bertz CT molecular complexity index is 651. The van der Waals surface area contributed by atoms with E-state index in [0.717, 1.165) is 41.3 Å². The molecule has 0 amide bonds. The minimum absolute atomic E-state index is 0.960. The molecule has 0 radical (unpaired) electrons. The molecule has 0 aromatic heterocycles. The van der Waals surface area contributed by atoms with Crippen molar-refractivity contribution in [2.24, 2.45) is 0 Å². The van der Waals surface area contributed by atoms with Gasteiger partial charge >= 0.3 is 0 Å². The average Bonchev–Trinajstić information content (AvgIpc) is 2.56. The van der Waals surface area contributed by atoms with Crippen LogP contribution in [-0.4, -0.2) is 0 Å². The van der Waals surface area contributed by atoms with Gasteiger partial charge in [-0.25, -0.2) is 0 Å². The fourth-order valence-electron chi connectivity index (χ4n) is 2.10. The molecule has 0 fully saturated rings. The molecule has 2 rings (SSSR count). The van der Waals surface area contributed by atoms with Gasteiger partial charge in [0.25, 0.3) is 0 Å². The van der Waals surface area contributed by atoms with Gasteiger partial charge in [-0.2, -0.15) is 0 Å². The van der Waals surface area contributed by atoms with Crippen LogP contribution in [0.5, 0.6) is 0 Å². The lowest BCUT2D eigenvalue weighted by atomic mass is 10.1. The van der Waals surface area contributed by atoms with Crippen molar-refractivity contribution in [2.75, 3.05) is 0 Å². The van der Waals surface area contributed by atoms with E-state index in [1.54, 1.807) is 0 Å². The summed E-state index contributed by atoms with van der Waals surface area (Å²) in [7, 11) is 0. The molecule has 0 atom stereocenters. The summed E-state index contributed by atoms with van der Waals surface area (Å²) in [6, 6.07) is 16.5. The van der Waals surface area contributed by atoms with Gasteiger partial charge in [0.05, 0.1) is 0 Å². The molecule has 2 aromatic carbocycles. The van der Waals surface area contributed by atoms with Gasteiger partial charge in [-0.3, -0.25) is 0 Å². The number of hydrogen-bond donors (Lipinski definition) is 0. The first-order valence-corrected chi connectivity index (χ1v) is 8.83. The molecular weight excluding hydrogens is 344 g/mol. The van der Waals surface area contributed by atoms with E-state index in [1.807, 2.05) is 24.3 Å². The minimum Gasteiger partial charge on any atom is -0.0979 e. The van der Waals surface area contributed by atoms with E-state index in [1.165, 1.54) is 12.0 Å². The van der Waals surface area contributed by atoms with Crippen LogP contribution in [0.4, 0.5) is 0 Å². The van der Waals surface area contributed by atoms with Crippen LogP contribution in [0.3, 0.4) is 0 Å². The Kier molecular flexibility index (Phi) is 7.51. The Morgan fingerprint density at radius 1 is 0.696 bits per heavy atom. The van der Waals surface area contributed by atoms with Crippen molar-refractivity contribution in [3.05, 3.63) is 69.7 Å². The number of benzene rings is 2. The van der Waals surface area contributed by atoms with E-state index in [9.17, 15) is 0 Å². The molecule has 0 saturated carbocycles. The zero-order valence-electron chi connectivity index (χ0n) is 13.5. The van der Waals surface area contributed by atoms with Crippen LogP contribution in [-0.2, 0) is 0 Å². The number of aryl methyl sites for hydroxylation is 1. The number of unbranched alkanes of at least 4 members (excludes halogenated alkanes) is 4. The molecule has 0 N–H and O–H groups in total. The second kappa shape index (κ2) is 9.94. The average molecular weight is 365 g/mol. The normalized spacial score (nSPS) is 9.48. The molecular formula is C22H21Br. The molecule has 0 saturated heterocycles. The molecule has 2 aromatic rings. The first-order chi connectivity index (χ1) is 11.2. The van der Waals surface area contributed by atoms with E-state index in [2.05, 4.69) is 70.8 Å².